The van der Waals surface area contributed by atoms with E-state index in [0.29, 0.717) is 30.3 Å². The standard InChI is InChI=1S/C20H29N3O3S/c1-5-23(6-2)17(15-10-11-27-14-15)13-21-20(24)22-16-8-9-18(25-4)19(12-16)26-7-3/h8-12,14,17H,5-7,13H2,1-4H3,(H2,21,22,24). The number of anilines is 1. The molecule has 0 radical (unpaired) electrons. The maximum Gasteiger partial charge on any atom is 0.319 e. The lowest BCUT2D eigenvalue weighted by Crippen LogP contribution is -2.39. The lowest BCUT2D eigenvalue weighted by molar-refractivity contribution is 0.210. The van der Waals surface area contributed by atoms with Crippen LogP contribution in [0.5, 0.6) is 11.5 Å². The molecule has 2 rings (SSSR count). The molecule has 0 saturated heterocycles. The third-order valence-electron chi connectivity index (χ3n) is 4.36. The highest BCUT2D eigenvalue weighted by Gasteiger charge is 2.19. The molecule has 1 heterocycles. The molecule has 1 atom stereocenters. The zero-order valence-corrected chi connectivity index (χ0v) is 17.3. The summed E-state index contributed by atoms with van der Waals surface area (Å²) in [5.41, 5.74) is 1.89. The Kier molecular flexibility index (Phi) is 8.42. The number of hydrogen-bond donors (Lipinski definition) is 2. The van der Waals surface area contributed by atoms with Crippen LogP contribution in [0.15, 0.2) is 35.0 Å². The first-order valence-corrected chi connectivity index (χ1v) is 10.2. The summed E-state index contributed by atoms with van der Waals surface area (Å²) in [6.07, 6.45) is 0. The number of carbonyl (C=O) groups excluding carboxylic acids is 1. The van der Waals surface area contributed by atoms with Gasteiger partial charge in [0.2, 0.25) is 0 Å². The fourth-order valence-electron chi connectivity index (χ4n) is 2.97. The Hall–Kier alpha value is -2.25. The fourth-order valence-corrected chi connectivity index (χ4v) is 3.68. The molecule has 0 fully saturated rings. The molecule has 7 heteroatoms. The summed E-state index contributed by atoms with van der Waals surface area (Å²) in [5.74, 6) is 1.25. The number of benzene rings is 1. The molecule has 2 N–H and O–H groups in total. The van der Waals surface area contributed by atoms with E-state index in [1.54, 1.807) is 36.6 Å². The van der Waals surface area contributed by atoms with Gasteiger partial charge in [0.25, 0.3) is 0 Å². The molecular weight excluding hydrogens is 362 g/mol. The maximum absolute atomic E-state index is 12.4. The van der Waals surface area contributed by atoms with Gasteiger partial charge >= 0.3 is 6.03 Å². The van der Waals surface area contributed by atoms with Crippen LogP contribution in [-0.4, -0.2) is 44.3 Å². The zero-order valence-electron chi connectivity index (χ0n) is 16.5. The van der Waals surface area contributed by atoms with Crippen molar-refractivity contribution >= 4 is 23.1 Å². The largest absolute Gasteiger partial charge is 0.493 e. The van der Waals surface area contributed by atoms with Crippen molar-refractivity contribution in [2.24, 2.45) is 0 Å². The van der Waals surface area contributed by atoms with E-state index in [1.807, 2.05) is 6.92 Å². The van der Waals surface area contributed by atoms with E-state index in [0.717, 1.165) is 13.1 Å². The van der Waals surface area contributed by atoms with Gasteiger partial charge in [-0.15, -0.1) is 0 Å². The van der Waals surface area contributed by atoms with E-state index >= 15 is 0 Å². The van der Waals surface area contributed by atoms with Crippen molar-refractivity contribution in [1.82, 2.24) is 10.2 Å². The van der Waals surface area contributed by atoms with Crippen molar-refractivity contribution in [1.29, 1.82) is 0 Å². The summed E-state index contributed by atoms with van der Waals surface area (Å²) in [5, 5.41) is 10.1. The molecule has 148 valence electrons. The van der Waals surface area contributed by atoms with Gasteiger partial charge in [-0.1, -0.05) is 13.8 Å². The first kappa shape index (κ1) is 21.1. The van der Waals surface area contributed by atoms with E-state index in [-0.39, 0.29) is 12.1 Å². The van der Waals surface area contributed by atoms with Crippen LogP contribution in [0.2, 0.25) is 0 Å². The van der Waals surface area contributed by atoms with Gasteiger partial charge in [-0.2, -0.15) is 11.3 Å². The minimum absolute atomic E-state index is 0.159. The third kappa shape index (κ3) is 5.87. The summed E-state index contributed by atoms with van der Waals surface area (Å²) in [6.45, 7) is 9.10. The first-order chi connectivity index (χ1) is 13.1. The lowest BCUT2D eigenvalue weighted by Gasteiger charge is -2.29. The Morgan fingerprint density at radius 2 is 1.96 bits per heavy atom. The normalized spacial score (nSPS) is 11.9. The van der Waals surface area contributed by atoms with Crippen molar-refractivity contribution in [2.75, 3.05) is 38.7 Å². The van der Waals surface area contributed by atoms with Gasteiger partial charge in [0.05, 0.1) is 19.8 Å². The van der Waals surface area contributed by atoms with Crippen LogP contribution in [0.3, 0.4) is 0 Å². The molecule has 1 aromatic heterocycles. The minimum Gasteiger partial charge on any atom is -0.493 e. The van der Waals surface area contributed by atoms with Gasteiger partial charge in [0, 0.05) is 18.3 Å². The van der Waals surface area contributed by atoms with Crippen LogP contribution >= 0.6 is 11.3 Å². The smallest absolute Gasteiger partial charge is 0.319 e. The van der Waals surface area contributed by atoms with E-state index < -0.39 is 0 Å². The SMILES string of the molecule is CCOc1cc(NC(=O)NCC(c2ccsc2)N(CC)CC)ccc1OC. The summed E-state index contributed by atoms with van der Waals surface area (Å²) in [7, 11) is 1.59. The molecule has 0 aliphatic heterocycles. The number of ether oxygens (including phenoxy) is 2. The average Bonchev–Trinajstić information content (AvgIpc) is 3.20. The van der Waals surface area contributed by atoms with Gasteiger partial charge in [-0.3, -0.25) is 4.90 Å². The predicted molar refractivity (Wildman–Crippen MR) is 111 cm³/mol. The molecule has 0 bridgehead atoms. The van der Waals surface area contributed by atoms with E-state index in [1.165, 1.54) is 5.56 Å². The van der Waals surface area contributed by atoms with Gasteiger partial charge < -0.3 is 20.1 Å². The Balaban J connectivity index is 2.00. The summed E-state index contributed by atoms with van der Waals surface area (Å²) in [6, 6.07) is 7.38. The van der Waals surface area contributed by atoms with Crippen LogP contribution in [0.4, 0.5) is 10.5 Å². The van der Waals surface area contributed by atoms with Gasteiger partial charge in [0.15, 0.2) is 11.5 Å². The van der Waals surface area contributed by atoms with Crippen LogP contribution in [0, 0.1) is 0 Å². The highest BCUT2D eigenvalue weighted by molar-refractivity contribution is 7.07. The molecular formula is C20H29N3O3S. The summed E-state index contributed by atoms with van der Waals surface area (Å²) in [4.78, 5) is 14.7. The average molecular weight is 392 g/mol. The van der Waals surface area contributed by atoms with Crippen LogP contribution < -0.4 is 20.1 Å². The highest BCUT2D eigenvalue weighted by atomic mass is 32.1. The minimum atomic E-state index is -0.241. The number of nitrogens with one attached hydrogen (secondary N) is 2. The van der Waals surface area contributed by atoms with Crippen molar-refractivity contribution in [3.63, 3.8) is 0 Å². The van der Waals surface area contributed by atoms with E-state index in [4.69, 9.17) is 9.47 Å². The van der Waals surface area contributed by atoms with Gasteiger partial charge in [-0.25, -0.2) is 4.79 Å². The quantitative estimate of drug-likeness (QED) is 0.632. The van der Waals surface area contributed by atoms with Crippen molar-refractivity contribution in [3.05, 3.63) is 40.6 Å². The molecule has 1 unspecified atom stereocenters. The van der Waals surface area contributed by atoms with Crippen molar-refractivity contribution in [2.45, 2.75) is 26.8 Å². The molecule has 0 spiro atoms. The number of carbonyl (C=O) groups is 1. The van der Waals surface area contributed by atoms with E-state index in [2.05, 4.69) is 46.2 Å². The highest BCUT2D eigenvalue weighted by Crippen LogP contribution is 2.30. The molecule has 2 aromatic rings. The molecule has 2 amide bonds. The monoisotopic (exact) mass is 391 g/mol. The second-order valence-electron chi connectivity index (χ2n) is 5.93. The first-order valence-electron chi connectivity index (χ1n) is 9.24. The number of nitrogens with zero attached hydrogens (tertiary/aromatic N) is 1. The Morgan fingerprint density at radius 1 is 1.19 bits per heavy atom. The van der Waals surface area contributed by atoms with Crippen LogP contribution in [-0.2, 0) is 0 Å². The molecule has 1 aromatic carbocycles. The molecule has 27 heavy (non-hydrogen) atoms. The van der Waals surface area contributed by atoms with E-state index in [9.17, 15) is 4.79 Å². The van der Waals surface area contributed by atoms with Crippen LogP contribution in [0.1, 0.15) is 32.4 Å². The molecule has 0 aliphatic carbocycles. The topological polar surface area (TPSA) is 62.8 Å². The van der Waals surface area contributed by atoms with Gasteiger partial charge in [0.1, 0.15) is 0 Å². The summed E-state index contributed by atoms with van der Waals surface area (Å²) < 4.78 is 10.8. The Labute approximate surface area is 165 Å². The number of likely N-dealkylation sites (N-methyl/N-ethyl adjacent to an activating group) is 1. The predicted octanol–water partition coefficient (Wildman–Crippen LogP) is 4.36. The Bertz CT molecular complexity index is 703. The third-order valence-corrected chi connectivity index (χ3v) is 5.06. The number of thiophene rings is 1. The molecule has 0 saturated carbocycles. The lowest BCUT2D eigenvalue weighted by atomic mass is 10.1. The van der Waals surface area contributed by atoms with Crippen molar-refractivity contribution in [3.8, 4) is 11.5 Å². The van der Waals surface area contributed by atoms with Crippen molar-refractivity contribution < 1.29 is 14.3 Å². The zero-order chi connectivity index (χ0) is 19.6. The maximum atomic E-state index is 12.4. The number of rotatable bonds is 10. The Morgan fingerprint density at radius 3 is 2.56 bits per heavy atom. The number of amides is 2. The molecule has 6 nitrogen and oxygen atoms in total. The second kappa shape index (κ2) is 10.8. The number of methoxy groups -OCH3 is 1. The summed E-state index contributed by atoms with van der Waals surface area (Å²) >= 11 is 1.67. The second-order valence-corrected chi connectivity index (χ2v) is 6.71. The number of hydrogen-bond acceptors (Lipinski definition) is 5. The van der Waals surface area contributed by atoms with Gasteiger partial charge in [-0.05, 0) is 54.5 Å². The number of urea groups is 1. The van der Waals surface area contributed by atoms with Crippen LogP contribution in [0.25, 0.3) is 0 Å². The fraction of sp³-hybridized carbons (Fsp3) is 0.450. The molecule has 0 aliphatic rings.